The number of phenolic OH excluding ortho intramolecular Hbond substituents is 1. The van der Waals surface area contributed by atoms with E-state index in [9.17, 15) is 26.7 Å². The number of halogens is 3. The average Bonchev–Trinajstić information content (AvgIpc) is 3.17. The number of aryl methyl sites for hydroxylation is 1. The fourth-order valence-corrected chi connectivity index (χ4v) is 5.62. The summed E-state index contributed by atoms with van der Waals surface area (Å²) in [7, 11) is -4.22. The van der Waals surface area contributed by atoms with Crippen LogP contribution in [-0.4, -0.2) is 18.1 Å². The Kier molecular flexibility index (Phi) is 4.61. The molecule has 1 unspecified atom stereocenters. The Morgan fingerprint density at radius 3 is 2.43 bits per heavy atom. The molecule has 1 aromatic heterocycles. The van der Waals surface area contributed by atoms with E-state index in [1.54, 1.807) is 36.7 Å². The third-order valence-electron chi connectivity index (χ3n) is 5.32. The van der Waals surface area contributed by atoms with Gasteiger partial charge in [-0.1, -0.05) is 6.92 Å². The standard InChI is InChI=1S/C21H19F3N2O3S/c1-3-16-17-5-4-10-25(17)18-8-6-14(21(22,23)24)12-19(18)26(16)30(28,29)15-7-9-20(27)13(2)11-15/h4-12,16,27H,3H2,1-2H3. The van der Waals surface area contributed by atoms with Crippen LogP contribution in [0.15, 0.2) is 59.6 Å². The number of phenols is 1. The second-order valence-corrected chi connectivity index (χ2v) is 8.99. The monoisotopic (exact) mass is 436 g/mol. The molecule has 0 spiro atoms. The lowest BCUT2D eigenvalue weighted by atomic mass is 10.0. The number of rotatable bonds is 3. The molecule has 4 rings (SSSR count). The fourth-order valence-electron chi connectivity index (χ4n) is 3.83. The minimum absolute atomic E-state index is 0.0360. The Labute approximate surface area is 172 Å². The van der Waals surface area contributed by atoms with Gasteiger partial charge in [0.05, 0.1) is 27.9 Å². The van der Waals surface area contributed by atoms with E-state index in [0.717, 1.165) is 16.4 Å². The van der Waals surface area contributed by atoms with Gasteiger partial charge < -0.3 is 9.67 Å². The predicted octanol–water partition coefficient (Wildman–Crippen LogP) is 5.17. The highest BCUT2D eigenvalue weighted by Crippen LogP contribution is 2.46. The first kappa shape index (κ1) is 20.3. The summed E-state index contributed by atoms with van der Waals surface area (Å²) in [6, 6.07) is 9.77. The van der Waals surface area contributed by atoms with E-state index in [-0.39, 0.29) is 16.3 Å². The van der Waals surface area contributed by atoms with Crippen LogP contribution in [-0.2, 0) is 16.2 Å². The van der Waals surface area contributed by atoms with E-state index < -0.39 is 27.8 Å². The first-order valence-electron chi connectivity index (χ1n) is 9.28. The van der Waals surface area contributed by atoms with E-state index >= 15 is 0 Å². The van der Waals surface area contributed by atoms with Gasteiger partial charge in [-0.3, -0.25) is 4.31 Å². The SMILES string of the molecule is CCC1c2cccn2-c2ccc(C(F)(F)F)cc2N1S(=O)(=O)c1ccc(O)c(C)c1. The predicted molar refractivity (Wildman–Crippen MR) is 106 cm³/mol. The van der Waals surface area contributed by atoms with Gasteiger partial charge in [-0.2, -0.15) is 13.2 Å². The highest BCUT2D eigenvalue weighted by Gasteiger charge is 2.40. The molecule has 0 fully saturated rings. The summed E-state index contributed by atoms with van der Waals surface area (Å²) in [6.45, 7) is 3.34. The number of fused-ring (bicyclic) bond motifs is 3. The molecule has 1 aliphatic rings. The molecule has 1 aliphatic heterocycles. The highest BCUT2D eigenvalue weighted by molar-refractivity contribution is 7.92. The van der Waals surface area contributed by atoms with Crippen LogP contribution in [0.3, 0.4) is 0 Å². The minimum atomic E-state index is -4.61. The molecule has 0 amide bonds. The summed E-state index contributed by atoms with van der Waals surface area (Å²) in [4.78, 5) is -0.0976. The van der Waals surface area contributed by atoms with Crippen LogP contribution in [0, 0.1) is 6.92 Å². The van der Waals surface area contributed by atoms with Crippen molar-refractivity contribution in [2.24, 2.45) is 0 Å². The van der Waals surface area contributed by atoms with E-state index in [2.05, 4.69) is 0 Å². The molecule has 0 radical (unpaired) electrons. The van der Waals surface area contributed by atoms with Gasteiger partial charge >= 0.3 is 6.18 Å². The second kappa shape index (κ2) is 6.80. The number of hydrogen-bond donors (Lipinski definition) is 1. The van der Waals surface area contributed by atoms with Crippen molar-refractivity contribution in [3.05, 3.63) is 71.5 Å². The summed E-state index contributed by atoms with van der Waals surface area (Å²) >= 11 is 0. The zero-order valence-electron chi connectivity index (χ0n) is 16.2. The van der Waals surface area contributed by atoms with Crippen LogP contribution in [0.25, 0.3) is 5.69 Å². The molecule has 3 aromatic rings. The molecule has 158 valence electrons. The summed E-state index contributed by atoms with van der Waals surface area (Å²) in [5, 5.41) is 9.77. The average molecular weight is 436 g/mol. The zero-order valence-corrected chi connectivity index (χ0v) is 17.0. The van der Waals surface area contributed by atoms with Crippen LogP contribution in [0.2, 0.25) is 0 Å². The van der Waals surface area contributed by atoms with Crippen molar-refractivity contribution in [2.45, 2.75) is 37.4 Å². The minimum Gasteiger partial charge on any atom is -0.508 e. The van der Waals surface area contributed by atoms with Gasteiger partial charge in [-0.25, -0.2) is 8.42 Å². The van der Waals surface area contributed by atoms with Crippen LogP contribution in [0.5, 0.6) is 5.75 Å². The molecule has 1 atom stereocenters. The fraction of sp³-hybridized carbons (Fsp3) is 0.238. The van der Waals surface area contributed by atoms with Crippen LogP contribution in [0.4, 0.5) is 18.9 Å². The van der Waals surface area contributed by atoms with E-state index in [0.29, 0.717) is 23.4 Å². The molecule has 1 N–H and O–H groups in total. The highest BCUT2D eigenvalue weighted by atomic mass is 32.2. The first-order valence-corrected chi connectivity index (χ1v) is 10.7. The summed E-state index contributed by atoms with van der Waals surface area (Å²) < 4.78 is 70.3. The largest absolute Gasteiger partial charge is 0.508 e. The number of hydrogen-bond acceptors (Lipinski definition) is 3. The van der Waals surface area contributed by atoms with Crippen molar-refractivity contribution in [2.75, 3.05) is 4.31 Å². The van der Waals surface area contributed by atoms with E-state index in [1.807, 2.05) is 0 Å². The topological polar surface area (TPSA) is 62.5 Å². The summed E-state index contributed by atoms with van der Waals surface area (Å²) in [5.74, 6) is -0.0618. The lowest BCUT2D eigenvalue weighted by Gasteiger charge is -2.38. The number of anilines is 1. The number of aromatic hydroxyl groups is 1. The van der Waals surface area contributed by atoms with Gasteiger partial charge in [-0.15, -0.1) is 0 Å². The quantitative estimate of drug-likeness (QED) is 0.616. The Bertz CT molecular complexity index is 1230. The molecular formula is C21H19F3N2O3S. The van der Waals surface area contributed by atoms with Crippen molar-refractivity contribution in [3.8, 4) is 11.4 Å². The third-order valence-corrected chi connectivity index (χ3v) is 7.13. The van der Waals surface area contributed by atoms with Crippen molar-refractivity contribution < 1.29 is 26.7 Å². The van der Waals surface area contributed by atoms with Crippen LogP contribution >= 0.6 is 0 Å². The Morgan fingerprint density at radius 1 is 1.07 bits per heavy atom. The second-order valence-electron chi connectivity index (χ2n) is 7.18. The number of benzene rings is 2. The number of sulfonamides is 1. The lowest BCUT2D eigenvalue weighted by Crippen LogP contribution is -2.39. The summed E-state index contributed by atoms with van der Waals surface area (Å²) in [5.41, 5.74) is 0.421. The first-order chi connectivity index (χ1) is 14.1. The maximum atomic E-state index is 13.6. The number of alkyl halides is 3. The molecule has 0 aliphatic carbocycles. The van der Waals surface area contributed by atoms with Crippen LogP contribution in [0.1, 0.15) is 36.2 Å². The smallest absolute Gasteiger partial charge is 0.416 e. The molecule has 9 heteroatoms. The van der Waals surface area contributed by atoms with Gasteiger partial charge in [0.1, 0.15) is 5.75 Å². The Balaban J connectivity index is 2.00. The van der Waals surface area contributed by atoms with Crippen molar-refractivity contribution in [1.29, 1.82) is 0 Å². The van der Waals surface area contributed by atoms with Gasteiger partial charge in [0.25, 0.3) is 10.0 Å². The van der Waals surface area contributed by atoms with Crippen molar-refractivity contribution in [3.63, 3.8) is 0 Å². The molecule has 2 aromatic carbocycles. The zero-order chi connectivity index (χ0) is 21.8. The maximum Gasteiger partial charge on any atom is 0.416 e. The molecule has 5 nitrogen and oxygen atoms in total. The number of aromatic nitrogens is 1. The van der Waals surface area contributed by atoms with Gasteiger partial charge in [0.2, 0.25) is 0 Å². The van der Waals surface area contributed by atoms with Gasteiger partial charge in [0, 0.05) is 11.9 Å². The van der Waals surface area contributed by atoms with Crippen molar-refractivity contribution in [1.82, 2.24) is 4.57 Å². The molecule has 0 saturated heterocycles. The molecule has 0 bridgehead atoms. The lowest BCUT2D eigenvalue weighted by molar-refractivity contribution is -0.137. The number of nitrogens with zero attached hydrogens (tertiary/aromatic N) is 2. The van der Waals surface area contributed by atoms with Crippen molar-refractivity contribution >= 4 is 15.7 Å². The normalized spacial score (nSPS) is 16.3. The van der Waals surface area contributed by atoms with E-state index in [1.165, 1.54) is 24.3 Å². The van der Waals surface area contributed by atoms with Crippen LogP contribution < -0.4 is 4.31 Å². The summed E-state index contributed by atoms with van der Waals surface area (Å²) in [6.07, 6.45) is -2.55. The van der Waals surface area contributed by atoms with E-state index in [4.69, 9.17) is 0 Å². The molecule has 0 saturated carbocycles. The molecular weight excluding hydrogens is 417 g/mol. The molecule has 30 heavy (non-hydrogen) atoms. The Hall–Kier alpha value is -2.94. The van der Waals surface area contributed by atoms with Gasteiger partial charge in [-0.05, 0) is 67.4 Å². The Morgan fingerprint density at radius 2 is 1.80 bits per heavy atom. The molecule has 2 heterocycles. The maximum absolute atomic E-state index is 13.6. The third kappa shape index (κ3) is 3.04. The van der Waals surface area contributed by atoms with Gasteiger partial charge in [0.15, 0.2) is 0 Å².